The molecule has 2 aliphatic rings. The van der Waals surface area contributed by atoms with Crippen LogP contribution in [0.15, 0.2) is 29.6 Å². The van der Waals surface area contributed by atoms with Crippen molar-refractivity contribution >= 4 is 22.9 Å². The number of fused-ring (bicyclic) bond motifs is 2. The van der Waals surface area contributed by atoms with Crippen LogP contribution in [0.1, 0.15) is 32.8 Å². The molecule has 2 aromatic rings. The Morgan fingerprint density at radius 2 is 2.14 bits per heavy atom. The third-order valence-corrected chi connectivity index (χ3v) is 5.41. The molecule has 3 heterocycles. The lowest BCUT2D eigenvalue weighted by molar-refractivity contribution is 0.0736. The number of benzene rings is 1. The van der Waals surface area contributed by atoms with Crippen LogP contribution in [0.5, 0.6) is 0 Å². The summed E-state index contributed by atoms with van der Waals surface area (Å²) in [6.07, 6.45) is 3.20. The second-order valence-electron chi connectivity index (χ2n) is 5.75. The van der Waals surface area contributed by atoms with E-state index in [-0.39, 0.29) is 5.91 Å². The number of rotatable bonds is 1. The van der Waals surface area contributed by atoms with Crippen molar-refractivity contribution in [1.82, 2.24) is 4.90 Å². The van der Waals surface area contributed by atoms with Gasteiger partial charge in [-0.2, -0.15) is 0 Å². The van der Waals surface area contributed by atoms with E-state index >= 15 is 0 Å². The minimum Gasteiger partial charge on any atom is -0.385 e. The van der Waals surface area contributed by atoms with Crippen LogP contribution >= 0.6 is 11.3 Å². The van der Waals surface area contributed by atoms with E-state index in [1.165, 1.54) is 21.7 Å². The number of carbonyl (C=O) groups excluding carboxylic acids is 1. The molecule has 0 bridgehead atoms. The molecular formula is C17H18N2OS. The topological polar surface area (TPSA) is 32.3 Å². The van der Waals surface area contributed by atoms with Crippen LogP contribution in [0.2, 0.25) is 0 Å². The van der Waals surface area contributed by atoms with E-state index < -0.39 is 0 Å². The summed E-state index contributed by atoms with van der Waals surface area (Å²) in [7, 11) is 0. The van der Waals surface area contributed by atoms with Gasteiger partial charge in [0.15, 0.2) is 0 Å². The molecule has 1 aromatic heterocycles. The van der Waals surface area contributed by atoms with Gasteiger partial charge >= 0.3 is 0 Å². The molecule has 0 fully saturated rings. The highest BCUT2D eigenvalue weighted by Crippen LogP contribution is 2.27. The fraction of sp³-hybridized carbons (Fsp3) is 0.353. The molecule has 3 nitrogen and oxygen atoms in total. The van der Waals surface area contributed by atoms with E-state index in [9.17, 15) is 4.79 Å². The van der Waals surface area contributed by atoms with Gasteiger partial charge in [-0.3, -0.25) is 4.79 Å². The second-order valence-corrected chi connectivity index (χ2v) is 6.75. The molecule has 0 atom stereocenters. The van der Waals surface area contributed by atoms with Crippen molar-refractivity contribution in [2.24, 2.45) is 0 Å². The van der Waals surface area contributed by atoms with Crippen molar-refractivity contribution in [3.63, 3.8) is 0 Å². The maximum Gasteiger partial charge on any atom is 0.254 e. The highest BCUT2D eigenvalue weighted by atomic mass is 32.1. The first kappa shape index (κ1) is 12.9. The van der Waals surface area contributed by atoms with Crippen molar-refractivity contribution in [2.45, 2.75) is 25.8 Å². The van der Waals surface area contributed by atoms with E-state index in [0.717, 1.165) is 44.5 Å². The quantitative estimate of drug-likeness (QED) is 0.876. The first-order valence-corrected chi connectivity index (χ1v) is 8.40. The molecule has 0 saturated carbocycles. The molecule has 0 saturated heterocycles. The lowest BCUT2D eigenvalue weighted by Crippen LogP contribution is -2.35. The van der Waals surface area contributed by atoms with Gasteiger partial charge in [0.2, 0.25) is 0 Å². The SMILES string of the molecule is O=C(c1ccc2c(c1)CCCN2)N1CCc2sccc2C1. The maximum absolute atomic E-state index is 12.7. The molecule has 4 heteroatoms. The Hall–Kier alpha value is -1.81. The molecule has 1 amide bonds. The zero-order valence-corrected chi connectivity index (χ0v) is 12.7. The molecule has 0 radical (unpaired) electrons. The van der Waals surface area contributed by atoms with E-state index in [2.05, 4.69) is 28.9 Å². The Morgan fingerprint density at radius 3 is 3.10 bits per heavy atom. The zero-order chi connectivity index (χ0) is 14.2. The smallest absolute Gasteiger partial charge is 0.254 e. The Labute approximate surface area is 128 Å². The fourth-order valence-electron chi connectivity index (χ4n) is 3.21. The Morgan fingerprint density at radius 1 is 1.19 bits per heavy atom. The van der Waals surface area contributed by atoms with Crippen molar-refractivity contribution in [2.75, 3.05) is 18.4 Å². The summed E-state index contributed by atoms with van der Waals surface area (Å²) in [5.41, 5.74) is 4.62. The van der Waals surface area contributed by atoms with E-state index in [0.29, 0.717) is 0 Å². The molecular weight excluding hydrogens is 280 g/mol. The highest BCUT2D eigenvalue weighted by Gasteiger charge is 2.23. The molecule has 0 spiro atoms. The monoisotopic (exact) mass is 298 g/mol. The van der Waals surface area contributed by atoms with Crippen LogP contribution in [0, 0.1) is 0 Å². The number of nitrogens with zero attached hydrogens (tertiary/aromatic N) is 1. The summed E-state index contributed by atoms with van der Waals surface area (Å²) in [5.74, 6) is 0.167. The number of anilines is 1. The summed E-state index contributed by atoms with van der Waals surface area (Å²) in [4.78, 5) is 16.1. The third kappa shape index (κ3) is 2.33. The molecule has 1 N–H and O–H groups in total. The molecule has 0 aliphatic carbocycles. The molecule has 108 valence electrons. The van der Waals surface area contributed by atoms with Gasteiger partial charge in [0.1, 0.15) is 0 Å². The summed E-state index contributed by atoms with van der Waals surface area (Å²) in [6.45, 7) is 2.63. The minimum absolute atomic E-state index is 0.167. The van der Waals surface area contributed by atoms with Gasteiger partial charge in [0.05, 0.1) is 0 Å². The number of thiophene rings is 1. The zero-order valence-electron chi connectivity index (χ0n) is 11.9. The first-order valence-electron chi connectivity index (χ1n) is 7.52. The molecule has 1 aromatic carbocycles. The van der Waals surface area contributed by atoms with Gasteiger partial charge < -0.3 is 10.2 Å². The number of hydrogen-bond donors (Lipinski definition) is 1. The van der Waals surface area contributed by atoms with Crippen molar-refractivity contribution in [3.05, 3.63) is 51.2 Å². The minimum atomic E-state index is 0.167. The molecule has 4 rings (SSSR count). The normalized spacial score (nSPS) is 16.9. The number of nitrogens with one attached hydrogen (secondary N) is 1. The van der Waals surface area contributed by atoms with Crippen LogP contribution in [0.25, 0.3) is 0 Å². The van der Waals surface area contributed by atoms with Crippen molar-refractivity contribution in [1.29, 1.82) is 0 Å². The van der Waals surface area contributed by atoms with E-state index in [1.54, 1.807) is 0 Å². The van der Waals surface area contributed by atoms with Crippen LogP contribution in [-0.2, 0) is 19.4 Å². The van der Waals surface area contributed by atoms with E-state index in [1.807, 2.05) is 22.3 Å². The number of hydrogen-bond acceptors (Lipinski definition) is 3. The maximum atomic E-state index is 12.7. The molecule has 0 unspecified atom stereocenters. The summed E-state index contributed by atoms with van der Waals surface area (Å²) in [6, 6.07) is 8.24. The summed E-state index contributed by atoms with van der Waals surface area (Å²) >= 11 is 1.81. The lowest BCUT2D eigenvalue weighted by Gasteiger charge is -2.27. The summed E-state index contributed by atoms with van der Waals surface area (Å²) < 4.78 is 0. The Bertz CT molecular complexity index is 692. The first-order chi connectivity index (χ1) is 10.3. The predicted octanol–water partition coefficient (Wildman–Crippen LogP) is 3.30. The Kier molecular flexibility index (Phi) is 3.19. The fourth-order valence-corrected chi connectivity index (χ4v) is 4.10. The average molecular weight is 298 g/mol. The third-order valence-electron chi connectivity index (χ3n) is 4.39. The van der Waals surface area contributed by atoms with Crippen molar-refractivity contribution in [3.8, 4) is 0 Å². The lowest BCUT2D eigenvalue weighted by atomic mass is 10.00. The summed E-state index contributed by atoms with van der Waals surface area (Å²) in [5, 5.41) is 5.52. The standard InChI is InChI=1S/C17H18N2OS/c20-17(19-8-5-16-14(11-19)6-9-21-16)13-3-4-15-12(10-13)2-1-7-18-15/h3-4,6,9-10,18H,1-2,5,7-8,11H2. The van der Waals surface area contributed by atoms with Gasteiger partial charge in [0, 0.05) is 35.8 Å². The van der Waals surface area contributed by atoms with E-state index in [4.69, 9.17) is 0 Å². The Balaban J connectivity index is 1.58. The van der Waals surface area contributed by atoms with Crippen LogP contribution in [0.4, 0.5) is 5.69 Å². The van der Waals surface area contributed by atoms with Crippen LogP contribution in [-0.4, -0.2) is 23.9 Å². The molecule has 21 heavy (non-hydrogen) atoms. The van der Waals surface area contributed by atoms with Crippen LogP contribution < -0.4 is 5.32 Å². The average Bonchev–Trinajstić information content (AvgIpc) is 3.01. The van der Waals surface area contributed by atoms with Gasteiger partial charge in [-0.15, -0.1) is 11.3 Å². The highest BCUT2D eigenvalue weighted by molar-refractivity contribution is 7.10. The van der Waals surface area contributed by atoms with Crippen LogP contribution in [0.3, 0.4) is 0 Å². The van der Waals surface area contributed by atoms with Gasteiger partial charge in [0.25, 0.3) is 5.91 Å². The number of amides is 1. The van der Waals surface area contributed by atoms with Gasteiger partial charge in [-0.1, -0.05) is 0 Å². The number of carbonyl (C=O) groups is 1. The largest absolute Gasteiger partial charge is 0.385 e. The van der Waals surface area contributed by atoms with Gasteiger partial charge in [-0.05, 0) is 60.0 Å². The number of aryl methyl sites for hydroxylation is 1. The predicted molar refractivity (Wildman–Crippen MR) is 86.0 cm³/mol. The van der Waals surface area contributed by atoms with Crippen molar-refractivity contribution < 1.29 is 4.79 Å². The second kappa shape index (κ2) is 5.19. The molecule has 2 aliphatic heterocycles. The van der Waals surface area contributed by atoms with Gasteiger partial charge in [-0.25, -0.2) is 0 Å².